The Bertz CT molecular complexity index is 624. The van der Waals surface area contributed by atoms with Crippen molar-refractivity contribution in [2.24, 2.45) is 10.9 Å². The highest BCUT2D eigenvalue weighted by atomic mass is 32.2. The molecule has 1 rings (SSSR count). The van der Waals surface area contributed by atoms with Gasteiger partial charge in [-0.15, -0.1) is 0 Å². The van der Waals surface area contributed by atoms with Crippen molar-refractivity contribution in [2.45, 2.75) is 17.7 Å². The molecular formula is C11H19N3O4S2. The predicted octanol–water partition coefficient (Wildman–Crippen LogP) is -0.855. The number of sulfonamides is 2. The first-order chi connectivity index (χ1) is 9.24. The lowest BCUT2D eigenvalue weighted by Gasteiger charge is -2.06. The van der Waals surface area contributed by atoms with Gasteiger partial charge in [-0.2, -0.15) is 0 Å². The van der Waals surface area contributed by atoms with Crippen LogP contribution in [0, 0.1) is 0 Å². The molecule has 0 saturated heterocycles. The van der Waals surface area contributed by atoms with Gasteiger partial charge >= 0.3 is 0 Å². The van der Waals surface area contributed by atoms with Gasteiger partial charge in [0.25, 0.3) is 0 Å². The molecule has 0 aliphatic rings. The predicted molar refractivity (Wildman–Crippen MR) is 77.0 cm³/mol. The summed E-state index contributed by atoms with van der Waals surface area (Å²) in [7, 11) is -6.99. The van der Waals surface area contributed by atoms with Crippen LogP contribution in [0.2, 0.25) is 0 Å². The first-order valence-corrected chi connectivity index (χ1v) is 9.23. The Balaban J connectivity index is 2.51. The van der Waals surface area contributed by atoms with E-state index in [2.05, 4.69) is 4.72 Å². The minimum absolute atomic E-state index is 0.00779. The summed E-state index contributed by atoms with van der Waals surface area (Å²) < 4.78 is 47.6. The van der Waals surface area contributed by atoms with Crippen LogP contribution in [-0.2, 0) is 26.5 Å². The number of nitrogens with one attached hydrogen (secondary N) is 1. The van der Waals surface area contributed by atoms with Crippen LogP contribution >= 0.6 is 0 Å². The summed E-state index contributed by atoms with van der Waals surface area (Å²) >= 11 is 0. The summed E-state index contributed by atoms with van der Waals surface area (Å²) in [4.78, 5) is 0.0322. The maximum absolute atomic E-state index is 11.5. The topological polar surface area (TPSA) is 132 Å². The van der Waals surface area contributed by atoms with Gasteiger partial charge in [-0.25, -0.2) is 26.7 Å². The minimum Gasteiger partial charge on any atom is -0.330 e. The molecule has 7 nitrogen and oxygen atoms in total. The van der Waals surface area contributed by atoms with Gasteiger partial charge in [0.05, 0.1) is 10.6 Å². The van der Waals surface area contributed by atoms with Gasteiger partial charge in [0.2, 0.25) is 20.0 Å². The van der Waals surface area contributed by atoms with Crippen LogP contribution in [0.5, 0.6) is 0 Å². The minimum atomic E-state index is -3.70. The summed E-state index contributed by atoms with van der Waals surface area (Å²) in [5.41, 5.74) is 6.07. The van der Waals surface area contributed by atoms with E-state index in [9.17, 15) is 16.8 Å². The maximum Gasteiger partial charge on any atom is 0.238 e. The van der Waals surface area contributed by atoms with Gasteiger partial charge in [0, 0.05) is 6.54 Å². The van der Waals surface area contributed by atoms with Crippen LogP contribution in [0.3, 0.4) is 0 Å². The fourth-order valence-electron chi connectivity index (χ4n) is 1.54. The zero-order chi connectivity index (χ0) is 15.2. The Morgan fingerprint density at radius 2 is 1.65 bits per heavy atom. The normalized spacial score (nSPS) is 12.5. The molecule has 0 aliphatic carbocycles. The molecule has 0 aromatic heterocycles. The number of benzene rings is 1. The lowest BCUT2D eigenvalue weighted by Crippen LogP contribution is -2.29. The van der Waals surface area contributed by atoms with Crippen molar-refractivity contribution in [2.75, 3.05) is 18.8 Å². The number of primary sulfonamides is 1. The van der Waals surface area contributed by atoms with Crippen molar-refractivity contribution in [1.29, 1.82) is 0 Å². The van der Waals surface area contributed by atoms with Crippen LogP contribution in [0.25, 0.3) is 0 Å². The van der Waals surface area contributed by atoms with Crippen molar-refractivity contribution in [3.63, 3.8) is 0 Å². The van der Waals surface area contributed by atoms with Crippen molar-refractivity contribution >= 4 is 20.0 Å². The van der Waals surface area contributed by atoms with Crippen LogP contribution in [0.1, 0.15) is 12.0 Å². The van der Waals surface area contributed by atoms with E-state index in [1.54, 1.807) is 12.1 Å². The van der Waals surface area contributed by atoms with Crippen LogP contribution in [0.15, 0.2) is 29.2 Å². The van der Waals surface area contributed by atoms with Gasteiger partial charge in [0.15, 0.2) is 0 Å². The van der Waals surface area contributed by atoms with E-state index in [1.807, 2.05) is 0 Å². The molecular weight excluding hydrogens is 302 g/mol. The van der Waals surface area contributed by atoms with Crippen LogP contribution < -0.4 is 15.6 Å². The average molecular weight is 321 g/mol. The fourth-order valence-corrected chi connectivity index (χ4v) is 3.16. The van der Waals surface area contributed by atoms with Gasteiger partial charge in [-0.1, -0.05) is 12.1 Å². The summed E-state index contributed by atoms with van der Waals surface area (Å²) in [6.45, 7) is 0.581. The quantitative estimate of drug-likeness (QED) is 0.573. The molecule has 114 valence electrons. The van der Waals surface area contributed by atoms with Crippen LogP contribution in [-0.4, -0.2) is 35.7 Å². The third-order valence-electron chi connectivity index (χ3n) is 2.60. The summed E-state index contributed by atoms with van der Waals surface area (Å²) in [6.07, 6.45) is 0.880. The SMILES string of the molecule is NCCCS(=O)(=O)NCCc1ccc(S(N)(=O)=O)cc1. The molecule has 1 aromatic rings. The molecule has 0 fully saturated rings. The van der Waals surface area contributed by atoms with Crippen molar-refractivity contribution in [3.8, 4) is 0 Å². The second kappa shape index (κ2) is 7.14. The van der Waals surface area contributed by atoms with E-state index >= 15 is 0 Å². The summed E-state index contributed by atoms with van der Waals surface area (Å²) in [5.74, 6) is 0.00779. The number of rotatable bonds is 8. The Kier molecular flexibility index (Phi) is 6.08. The van der Waals surface area contributed by atoms with Gasteiger partial charge in [-0.3, -0.25) is 0 Å². The second-order valence-electron chi connectivity index (χ2n) is 4.29. The molecule has 1 aromatic carbocycles. The highest BCUT2D eigenvalue weighted by Crippen LogP contribution is 2.09. The zero-order valence-electron chi connectivity index (χ0n) is 10.9. The third-order valence-corrected chi connectivity index (χ3v) is 5.00. The van der Waals surface area contributed by atoms with E-state index in [-0.39, 0.29) is 17.2 Å². The molecule has 0 unspecified atom stereocenters. The molecule has 0 aliphatic heterocycles. The molecule has 0 spiro atoms. The second-order valence-corrected chi connectivity index (χ2v) is 7.78. The first kappa shape index (κ1) is 17.1. The molecule has 0 radical (unpaired) electrons. The molecule has 0 bridgehead atoms. The third kappa shape index (κ3) is 5.97. The van der Waals surface area contributed by atoms with E-state index in [0.29, 0.717) is 19.4 Å². The largest absolute Gasteiger partial charge is 0.330 e. The smallest absolute Gasteiger partial charge is 0.238 e. The molecule has 5 N–H and O–H groups in total. The molecule has 0 heterocycles. The Labute approximate surface area is 119 Å². The maximum atomic E-state index is 11.5. The zero-order valence-corrected chi connectivity index (χ0v) is 12.6. The van der Waals surface area contributed by atoms with Gasteiger partial charge in [0.1, 0.15) is 0 Å². The van der Waals surface area contributed by atoms with Crippen molar-refractivity contribution in [3.05, 3.63) is 29.8 Å². The number of hydrogen-bond donors (Lipinski definition) is 3. The molecule has 0 atom stereocenters. The molecule has 0 amide bonds. The van der Waals surface area contributed by atoms with Crippen LogP contribution in [0.4, 0.5) is 0 Å². The highest BCUT2D eigenvalue weighted by molar-refractivity contribution is 7.89. The van der Waals surface area contributed by atoms with E-state index in [1.165, 1.54) is 12.1 Å². The first-order valence-electron chi connectivity index (χ1n) is 6.04. The van der Waals surface area contributed by atoms with Gasteiger partial charge < -0.3 is 5.73 Å². The highest BCUT2D eigenvalue weighted by Gasteiger charge is 2.09. The standard InChI is InChI=1S/C11H19N3O4S2/c12-7-1-9-19(15,16)14-8-6-10-2-4-11(5-3-10)20(13,17)18/h2-5,14H,1,6-9,12H2,(H2,13,17,18). The Morgan fingerprint density at radius 1 is 1.05 bits per heavy atom. The molecule has 9 heteroatoms. The monoisotopic (exact) mass is 321 g/mol. The van der Waals surface area contributed by atoms with Crippen molar-refractivity contribution < 1.29 is 16.8 Å². The Hall–Kier alpha value is -1.00. The van der Waals surface area contributed by atoms with E-state index in [0.717, 1.165) is 5.56 Å². The molecule has 20 heavy (non-hydrogen) atoms. The average Bonchev–Trinajstić information content (AvgIpc) is 2.36. The summed E-state index contributed by atoms with van der Waals surface area (Å²) in [6, 6.07) is 6.00. The van der Waals surface area contributed by atoms with Crippen molar-refractivity contribution in [1.82, 2.24) is 4.72 Å². The Morgan fingerprint density at radius 3 is 2.15 bits per heavy atom. The lowest BCUT2D eigenvalue weighted by molar-refractivity contribution is 0.579. The van der Waals surface area contributed by atoms with E-state index < -0.39 is 20.0 Å². The van der Waals surface area contributed by atoms with E-state index in [4.69, 9.17) is 10.9 Å². The fraction of sp³-hybridized carbons (Fsp3) is 0.455. The number of hydrogen-bond acceptors (Lipinski definition) is 5. The summed E-state index contributed by atoms with van der Waals surface area (Å²) in [5, 5.41) is 4.98. The molecule has 0 saturated carbocycles. The van der Waals surface area contributed by atoms with Gasteiger partial charge in [-0.05, 0) is 37.1 Å². The lowest BCUT2D eigenvalue weighted by atomic mass is 10.2. The number of nitrogens with two attached hydrogens (primary N) is 2.